The zero-order chi connectivity index (χ0) is 9.64. The summed E-state index contributed by atoms with van der Waals surface area (Å²) >= 11 is 0. The highest BCUT2D eigenvalue weighted by molar-refractivity contribution is 5.20. The van der Waals surface area contributed by atoms with Crippen molar-refractivity contribution in [1.29, 1.82) is 0 Å². The second-order valence-corrected chi connectivity index (χ2v) is 3.84. The number of aromatic nitrogens is 2. The van der Waals surface area contributed by atoms with Gasteiger partial charge in [0.15, 0.2) is 0 Å². The van der Waals surface area contributed by atoms with Crippen molar-refractivity contribution >= 4 is 0 Å². The number of rotatable bonds is 2. The number of hydrogen-bond acceptors (Lipinski definition) is 2. The van der Waals surface area contributed by atoms with E-state index in [2.05, 4.69) is 4.98 Å². The first kappa shape index (κ1) is 8.69. The molecular weight excluding hydrogens is 169 g/mol. The van der Waals surface area contributed by atoms with Crippen LogP contribution in [0.4, 0.5) is 4.39 Å². The Morgan fingerprint density at radius 2 is 2.31 bits per heavy atom. The van der Waals surface area contributed by atoms with Gasteiger partial charge in [-0.15, -0.1) is 0 Å². The largest absolute Gasteiger partial charge is 0.331 e. The minimum atomic E-state index is -0.978. The Balaban J connectivity index is 2.39. The molecule has 0 aliphatic heterocycles. The Labute approximate surface area is 76.8 Å². The summed E-state index contributed by atoms with van der Waals surface area (Å²) in [5, 5.41) is 0. The Hall–Kier alpha value is -0.900. The second kappa shape index (κ2) is 2.54. The predicted molar refractivity (Wildman–Crippen MR) is 47.8 cm³/mol. The molecule has 0 saturated heterocycles. The molecule has 1 unspecified atom stereocenters. The Morgan fingerprint density at radius 3 is 2.69 bits per heavy atom. The first-order valence-corrected chi connectivity index (χ1v) is 4.49. The molecule has 4 heteroatoms. The lowest BCUT2D eigenvalue weighted by molar-refractivity contribution is 0.356. The van der Waals surface area contributed by atoms with E-state index in [0.717, 1.165) is 18.7 Å². The predicted octanol–water partition coefficient (Wildman–Crippen LogP) is 1.40. The number of alkyl halides is 1. The smallest absolute Gasteiger partial charge is 0.139 e. The fourth-order valence-corrected chi connectivity index (χ4v) is 1.61. The number of nitrogens with two attached hydrogens (primary N) is 1. The van der Waals surface area contributed by atoms with Crippen LogP contribution >= 0.6 is 0 Å². The fraction of sp³-hybridized carbons (Fsp3) is 0.667. The van der Waals surface area contributed by atoms with E-state index in [1.54, 1.807) is 10.8 Å². The summed E-state index contributed by atoms with van der Waals surface area (Å²) in [7, 11) is 1.82. The highest BCUT2D eigenvalue weighted by Crippen LogP contribution is 2.42. The van der Waals surface area contributed by atoms with Crippen molar-refractivity contribution < 1.29 is 4.39 Å². The number of halogens is 1. The van der Waals surface area contributed by atoms with Gasteiger partial charge in [-0.3, -0.25) is 0 Å². The van der Waals surface area contributed by atoms with Crippen LogP contribution in [-0.4, -0.2) is 9.55 Å². The van der Waals surface area contributed by atoms with Crippen LogP contribution in [0.3, 0.4) is 0 Å². The lowest BCUT2D eigenvalue weighted by Gasteiger charge is -2.10. The van der Waals surface area contributed by atoms with E-state index in [9.17, 15) is 4.39 Å². The van der Waals surface area contributed by atoms with Crippen LogP contribution in [0.15, 0.2) is 6.20 Å². The van der Waals surface area contributed by atoms with Crippen molar-refractivity contribution in [2.45, 2.75) is 31.5 Å². The van der Waals surface area contributed by atoms with E-state index in [1.807, 2.05) is 7.05 Å². The van der Waals surface area contributed by atoms with E-state index >= 15 is 0 Å². The first-order chi connectivity index (χ1) is 6.04. The maximum Gasteiger partial charge on any atom is 0.139 e. The maximum absolute atomic E-state index is 13.0. The highest BCUT2D eigenvalue weighted by Gasteiger charge is 2.44. The van der Waals surface area contributed by atoms with Gasteiger partial charge in [0.05, 0.1) is 17.4 Å². The van der Waals surface area contributed by atoms with E-state index in [-0.39, 0.29) is 5.54 Å². The van der Waals surface area contributed by atoms with E-state index in [1.165, 1.54) is 6.92 Å². The first-order valence-electron chi connectivity index (χ1n) is 4.49. The van der Waals surface area contributed by atoms with Gasteiger partial charge in [-0.1, -0.05) is 0 Å². The molecule has 0 radical (unpaired) electrons. The van der Waals surface area contributed by atoms with Gasteiger partial charge >= 0.3 is 0 Å². The number of nitrogens with zero attached hydrogens (tertiary/aromatic N) is 2. The van der Waals surface area contributed by atoms with Crippen LogP contribution in [0.2, 0.25) is 0 Å². The van der Waals surface area contributed by atoms with E-state index < -0.39 is 6.17 Å². The summed E-state index contributed by atoms with van der Waals surface area (Å²) in [6.07, 6.45) is 2.51. The van der Waals surface area contributed by atoms with Gasteiger partial charge in [-0.2, -0.15) is 0 Å². The van der Waals surface area contributed by atoms with Crippen molar-refractivity contribution in [2.24, 2.45) is 12.8 Å². The van der Waals surface area contributed by atoms with Crippen molar-refractivity contribution in [3.05, 3.63) is 17.7 Å². The molecule has 2 N–H and O–H groups in total. The minimum absolute atomic E-state index is 0.276. The van der Waals surface area contributed by atoms with Crippen LogP contribution in [-0.2, 0) is 12.6 Å². The zero-order valence-corrected chi connectivity index (χ0v) is 7.92. The minimum Gasteiger partial charge on any atom is -0.331 e. The summed E-state index contributed by atoms with van der Waals surface area (Å²) < 4.78 is 14.8. The van der Waals surface area contributed by atoms with E-state index in [4.69, 9.17) is 5.73 Å². The second-order valence-electron chi connectivity index (χ2n) is 3.84. The molecule has 0 spiro atoms. The quantitative estimate of drug-likeness (QED) is 0.753. The molecule has 72 valence electrons. The van der Waals surface area contributed by atoms with Gasteiger partial charge in [0, 0.05) is 7.05 Å². The molecule has 0 bridgehead atoms. The molecule has 13 heavy (non-hydrogen) atoms. The lowest BCUT2D eigenvalue weighted by atomic mass is 10.2. The molecule has 0 amide bonds. The lowest BCUT2D eigenvalue weighted by Crippen LogP contribution is -2.23. The van der Waals surface area contributed by atoms with Crippen LogP contribution in [0.5, 0.6) is 0 Å². The average molecular weight is 183 g/mol. The van der Waals surface area contributed by atoms with Crippen LogP contribution in [0.25, 0.3) is 0 Å². The molecule has 1 fully saturated rings. The molecular formula is C9H14FN3. The van der Waals surface area contributed by atoms with Crippen LogP contribution in [0, 0.1) is 0 Å². The Morgan fingerprint density at radius 1 is 1.69 bits per heavy atom. The maximum atomic E-state index is 13.0. The van der Waals surface area contributed by atoms with Gasteiger partial charge < -0.3 is 10.3 Å². The summed E-state index contributed by atoms with van der Waals surface area (Å²) in [5.41, 5.74) is 6.30. The van der Waals surface area contributed by atoms with Gasteiger partial charge in [0.25, 0.3) is 0 Å². The summed E-state index contributed by atoms with van der Waals surface area (Å²) in [6.45, 7) is 1.51. The third-order valence-electron chi connectivity index (χ3n) is 2.67. The van der Waals surface area contributed by atoms with Gasteiger partial charge in [0.1, 0.15) is 12.0 Å². The molecule has 1 heterocycles. The molecule has 1 saturated carbocycles. The molecule has 1 aromatic heterocycles. The zero-order valence-electron chi connectivity index (χ0n) is 7.92. The Bertz CT molecular complexity index is 326. The third kappa shape index (κ3) is 1.25. The van der Waals surface area contributed by atoms with Crippen molar-refractivity contribution in [3.63, 3.8) is 0 Å². The van der Waals surface area contributed by atoms with Crippen molar-refractivity contribution in [1.82, 2.24) is 9.55 Å². The molecule has 1 aliphatic rings. The van der Waals surface area contributed by atoms with Crippen molar-refractivity contribution in [2.75, 3.05) is 0 Å². The summed E-state index contributed by atoms with van der Waals surface area (Å²) in [4.78, 5) is 4.17. The normalized spacial score (nSPS) is 21.5. The summed E-state index contributed by atoms with van der Waals surface area (Å²) in [6, 6.07) is 0. The topological polar surface area (TPSA) is 43.8 Å². The standard InChI is InChI=1S/C9H14FN3/c1-6(10)7-5-12-8(13(7)2)9(11)3-4-9/h5-6H,3-4,11H2,1-2H3. The number of hydrogen-bond donors (Lipinski definition) is 1. The molecule has 3 nitrogen and oxygen atoms in total. The van der Waals surface area contributed by atoms with Crippen LogP contribution in [0.1, 0.15) is 37.5 Å². The Kier molecular flexibility index (Phi) is 1.70. The van der Waals surface area contributed by atoms with Gasteiger partial charge in [-0.25, -0.2) is 9.37 Å². The number of imidazole rings is 1. The summed E-state index contributed by atoms with van der Waals surface area (Å²) in [5.74, 6) is 0.812. The molecule has 0 aromatic carbocycles. The monoisotopic (exact) mass is 183 g/mol. The molecule has 1 atom stereocenters. The van der Waals surface area contributed by atoms with Gasteiger partial charge in [0.2, 0.25) is 0 Å². The molecule has 2 rings (SSSR count). The highest BCUT2D eigenvalue weighted by atomic mass is 19.1. The average Bonchev–Trinajstić information content (AvgIpc) is 2.63. The van der Waals surface area contributed by atoms with Gasteiger partial charge in [-0.05, 0) is 19.8 Å². The van der Waals surface area contributed by atoms with Crippen molar-refractivity contribution in [3.8, 4) is 0 Å². The van der Waals surface area contributed by atoms with E-state index in [0.29, 0.717) is 5.69 Å². The fourth-order valence-electron chi connectivity index (χ4n) is 1.61. The molecule has 1 aliphatic carbocycles. The SMILES string of the molecule is CC(F)c1cnc(C2(N)CC2)n1C. The van der Waals surface area contributed by atoms with Crippen LogP contribution < -0.4 is 5.73 Å². The molecule has 1 aromatic rings. The third-order valence-corrected chi connectivity index (χ3v) is 2.67.